The zero-order valence-electron chi connectivity index (χ0n) is 54.9. The number of alkyl halides is 2. The van der Waals surface area contributed by atoms with E-state index in [1.807, 2.05) is 0 Å². The van der Waals surface area contributed by atoms with Gasteiger partial charge < -0.3 is 58.7 Å². The van der Waals surface area contributed by atoms with Crippen molar-refractivity contribution in [2.45, 2.75) is 231 Å². The van der Waals surface area contributed by atoms with E-state index < -0.39 is 76.7 Å². The lowest BCUT2D eigenvalue weighted by Gasteiger charge is -2.46. The van der Waals surface area contributed by atoms with Crippen LogP contribution in [0.15, 0.2) is 24.3 Å². The molecule has 3 saturated heterocycles. The smallest absolute Gasteiger partial charge is 0.468 e. The molecule has 7 aliphatic rings. The quantitative estimate of drug-likeness (QED) is 0.0539. The highest BCUT2D eigenvalue weighted by atomic mass is 35.5. The average Bonchev–Trinajstić information content (AvgIpc) is 0.975. The van der Waals surface area contributed by atoms with Gasteiger partial charge in [0.2, 0.25) is 0 Å². The van der Waals surface area contributed by atoms with Crippen LogP contribution in [0, 0.1) is 11.8 Å². The van der Waals surface area contributed by atoms with Crippen LogP contribution in [0.1, 0.15) is 179 Å². The summed E-state index contributed by atoms with van der Waals surface area (Å²) in [6.07, 6.45) is 16.8. The van der Waals surface area contributed by atoms with Crippen LogP contribution in [-0.2, 0) is 100 Å². The number of imide groups is 1. The number of rotatable bonds is 20. The molecule has 2 saturated carbocycles. The van der Waals surface area contributed by atoms with E-state index in [9.17, 15) is 38.4 Å². The summed E-state index contributed by atoms with van der Waals surface area (Å²) in [7, 11) is 2.64. The number of hydrogen-bond donors (Lipinski definition) is 2. The number of hydrogen-bond acceptors (Lipinski definition) is 20. The summed E-state index contributed by atoms with van der Waals surface area (Å²) in [6.45, 7) is 15.5. The molecule has 24 nitrogen and oxygen atoms in total. The Morgan fingerprint density at radius 3 is 1.47 bits per heavy atom. The van der Waals surface area contributed by atoms with Crippen molar-refractivity contribution in [1.29, 1.82) is 0 Å². The van der Waals surface area contributed by atoms with Crippen molar-refractivity contribution in [3.8, 4) is 0 Å². The van der Waals surface area contributed by atoms with Crippen LogP contribution in [0.25, 0.3) is 0 Å². The topological polar surface area (TPSA) is 293 Å². The number of pyridine rings is 2. The van der Waals surface area contributed by atoms with Crippen LogP contribution in [0.3, 0.4) is 0 Å². The summed E-state index contributed by atoms with van der Waals surface area (Å²) in [4.78, 5) is 112. The Morgan fingerprint density at radius 1 is 0.626 bits per heavy atom. The van der Waals surface area contributed by atoms with Gasteiger partial charge in [0.1, 0.15) is 34.5 Å². The third-order valence-corrected chi connectivity index (χ3v) is 16.5. The standard InChI is InChI=1S/C30H45N3O7.C20H30N2O3.C14H20N2O7.CH2Cl2/c1-29(2,3)40-28(36)33-18-30(4,19-33)39-27(35)32-25(26(34)37-5)14-15-38-23-16-20(17-23)10-12-22-13-11-21-8-6-7-9-24(21)31-22;1-24-20(23)18(21)10-11-25-17-12-14(13-17)6-8-16-9-7-15-4-2-3-5-19(15)22-16;1-13(2,3)21-11(19)15-7-14(4,8-15)22-12(20)23-16-9(17)5-6-10(16)18;2-1-3/h11,13,20,23,25H,6-10,12,14-19H2,1-5H3,(H,32,35);7,9,14,17-18H,2-6,8,10-13,21H2,1H3;5-8H2,1-4H3;1H2. The van der Waals surface area contributed by atoms with E-state index in [4.69, 9.17) is 72.1 Å². The van der Waals surface area contributed by atoms with E-state index in [-0.39, 0.29) is 62.9 Å². The minimum atomic E-state index is -1.15. The number of nitrogens with zero attached hydrogens (tertiary/aromatic N) is 5. The van der Waals surface area contributed by atoms with Gasteiger partial charge in [-0.2, -0.15) is 0 Å². The Balaban J connectivity index is 0.000000223. The van der Waals surface area contributed by atoms with Crippen LogP contribution in [0.4, 0.5) is 19.2 Å². The predicted molar refractivity (Wildman–Crippen MR) is 336 cm³/mol. The van der Waals surface area contributed by atoms with Crippen molar-refractivity contribution in [2.24, 2.45) is 17.6 Å². The highest BCUT2D eigenvalue weighted by Crippen LogP contribution is 2.36. The molecule has 0 bridgehead atoms. The van der Waals surface area contributed by atoms with Crippen LogP contribution in [0.2, 0.25) is 0 Å². The molecule has 2 unspecified atom stereocenters. The number of aromatic nitrogens is 2. The first-order chi connectivity index (χ1) is 43.0. The number of aryl methyl sites for hydroxylation is 6. The summed E-state index contributed by atoms with van der Waals surface area (Å²) in [5.74, 6) is -0.735. The molecule has 5 fully saturated rings. The largest absolute Gasteiger partial charge is 0.534 e. The summed E-state index contributed by atoms with van der Waals surface area (Å²) in [5, 5.41) is 3.20. The van der Waals surface area contributed by atoms with Gasteiger partial charge in [-0.05, 0) is 200 Å². The Hall–Kier alpha value is -6.08. The molecular formula is C65H97Cl2N7O17. The van der Waals surface area contributed by atoms with E-state index in [1.165, 1.54) is 96.4 Å². The molecule has 5 amide bonds. The zero-order valence-corrected chi connectivity index (χ0v) is 56.4. The fourth-order valence-corrected chi connectivity index (χ4v) is 11.6. The highest BCUT2D eigenvalue weighted by molar-refractivity contribution is 6.40. The fourth-order valence-electron chi connectivity index (χ4n) is 11.6. The molecule has 91 heavy (non-hydrogen) atoms. The van der Waals surface area contributed by atoms with Gasteiger partial charge in [0.15, 0.2) is 0 Å². The molecule has 0 radical (unpaired) electrons. The number of hydroxylamine groups is 2. The number of esters is 2. The van der Waals surface area contributed by atoms with Gasteiger partial charge in [-0.25, -0.2) is 24.0 Å². The molecule has 26 heteroatoms. The molecular weight excluding hydrogens is 1220 g/mol. The molecule has 508 valence electrons. The maximum absolute atomic E-state index is 12.5. The SMILES string of the molecule is CC(C)(C)OC(=O)N1CC(C)(OC(=O)ON2C(=O)CCC2=O)C1.COC(=O)C(CCOC1CC(CCc2ccc3c(n2)CCCC3)C1)NC(=O)OC1(C)CN(C(=O)OC(C)(C)C)C1.COC(=O)C(N)CCOC1CC(CCc2ccc3c(n2)CCCC3)C1.ClCCl. The molecule has 0 spiro atoms. The lowest BCUT2D eigenvalue weighted by atomic mass is 9.79. The van der Waals surface area contributed by atoms with Crippen LogP contribution < -0.4 is 11.1 Å². The number of methoxy groups -OCH3 is 2. The van der Waals surface area contributed by atoms with Crippen molar-refractivity contribution >= 4 is 71.4 Å². The molecule has 9 rings (SSSR count). The first-order valence-electron chi connectivity index (χ1n) is 31.9. The number of ether oxygens (including phenoxy) is 8. The van der Waals surface area contributed by atoms with Crippen LogP contribution >= 0.6 is 23.2 Å². The lowest BCUT2D eigenvalue weighted by Crippen LogP contribution is -2.65. The van der Waals surface area contributed by atoms with Gasteiger partial charge in [-0.1, -0.05) is 17.2 Å². The second-order valence-corrected chi connectivity index (χ2v) is 27.8. The predicted octanol–water partition coefficient (Wildman–Crippen LogP) is 9.57. The number of carbonyl (C=O) groups excluding carboxylic acids is 8. The maximum Gasteiger partial charge on any atom is 0.534 e. The van der Waals surface area contributed by atoms with Gasteiger partial charge in [-0.3, -0.25) is 29.2 Å². The van der Waals surface area contributed by atoms with Crippen molar-refractivity contribution < 1.29 is 81.1 Å². The first kappa shape index (κ1) is 74.0. The molecule has 2 aromatic heterocycles. The lowest BCUT2D eigenvalue weighted by molar-refractivity contribution is -0.187. The molecule has 2 atom stereocenters. The van der Waals surface area contributed by atoms with Crippen LogP contribution in [0.5, 0.6) is 0 Å². The highest BCUT2D eigenvalue weighted by Gasteiger charge is 2.49. The number of fused-ring (bicyclic) bond motifs is 2. The summed E-state index contributed by atoms with van der Waals surface area (Å²) in [6, 6.07) is 7.49. The minimum absolute atomic E-state index is 0.00973. The monoisotopic (exact) mass is 1320 g/mol. The number of halogens is 2. The third-order valence-electron chi connectivity index (χ3n) is 16.5. The van der Waals surface area contributed by atoms with Crippen molar-refractivity contribution in [2.75, 3.05) is 59.0 Å². The molecule has 3 aliphatic heterocycles. The normalized spacial score (nSPS) is 21.5. The maximum atomic E-state index is 12.5. The van der Waals surface area contributed by atoms with Gasteiger partial charge in [0, 0.05) is 55.3 Å². The van der Waals surface area contributed by atoms with E-state index in [0.717, 1.165) is 70.1 Å². The van der Waals surface area contributed by atoms with E-state index in [1.54, 1.807) is 55.4 Å². The second-order valence-electron chi connectivity index (χ2n) is 27.0. The minimum Gasteiger partial charge on any atom is -0.468 e. The third kappa shape index (κ3) is 24.1. The molecule has 4 aliphatic carbocycles. The van der Waals surface area contributed by atoms with Crippen LogP contribution in [-0.4, -0.2) is 179 Å². The molecule has 0 aromatic carbocycles. The van der Waals surface area contributed by atoms with Crippen molar-refractivity contribution in [3.05, 3.63) is 58.2 Å². The number of likely N-dealkylation sites (tertiary alicyclic amines) is 2. The summed E-state index contributed by atoms with van der Waals surface area (Å²) in [5.41, 5.74) is 10.6. The zero-order chi connectivity index (χ0) is 66.7. The van der Waals surface area contributed by atoms with E-state index in [0.29, 0.717) is 36.7 Å². The first-order valence-corrected chi connectivity index (χ1v) is 33.0. The average molecular weight is 1320 g/mol. The molecule has 5 heterocycles. The molecule has 3 N–H and O–H groups in total. The number of nitrogens with one attached hydrogen (secondary N) is 1. The number of nitrogens with two attached hydrogens (primary N) is 1. The number of amides is 5. The van der Waals surface area contributed by atoms with Gasteiger partial charge in [-0.15, -0.1) is 23.2 Å². The fraction of sp³-hybridized carbons (Fsp3) is 0.723. The van der Waals surface area contributed by atoms with Crippen molar-refractivity contribution in [1.82, 2.24) is 30.1 Å². The van der Waals surface area contributed by atoms with Gasteiger partial charge in [0.25, 0.3) is 11.8 Å². The number of alkyl carbamates (subject to hydrolysis) is 1. The van der Waals surface area contributed by atoms with Crippen molar-refractivity contribution in [3.63, 3.8) is 0 Å². The number of carbonyl (C=O) groups is 8. The summed E-state index contributed by atoms with van der Waals surface area (Å²) >= 11 is 9.53. The Labute approximate surface area is 545 Å². The Kier molecular flexibility index (Phi) is 27.8. The van der Waals surface area contributed by atoms with E-state index >= 15 is 0 Å². The van der Waals surface area contributed by atoms with Gasteiger partial charge >= 0.3 is 36.4 Å². The second kappa shape index (κ2) is 34.2. The van der Waals surface area contributed by atoms with E-state index in [2.05, 4.69) is 39.2 Å². The van der Waals surface area contributed by atoms with Gasteiger partial charge in [0.05, 0.1) is 57.9 Å². The Bertz CT molecular complexity index is 2770. The Morgan fingerprint density at radius 2 is 1.04 bits per heavy atom. The molecule has 2 aromatic rings. The summed E-state index contributed by atoms with van der Waals surface area (Å²) < 4.78 is 42.4.